The van der Waals surface area contributed by atoms with Crippen molar-refractivity contribution < 1.29 is 9.53 Å². The summed E-state index contributed by atoms with van der Waals surface area (Å²) in [7, 11) is 1.62. The molecule has 0 unspecified atom stereocenters. The number of thioether (sulfide) groups is 2. The molecule has 2 aromatic carbocycles. The van der Waals surface area contributed by atoms with Gasteiger partial charge in [0.15, 0.2) is 5.78 Å². The minimum atomic E-state index is -0.0371. The Morgan fingerprint density at radius 3 is 2.39 bits per heavy atom. The third-order valence-corrected chi connectivity index (χ3v) is 4.71. The van der Waals surface area contributed by atoms with Gasteiger partial charge in [0.1, 0.15) is 5.75 Å². The monoisotopic (exact) mass is 346 g/mol. The predicted molar refractivity (Wildman–Crippen MR) is 99.1 cm³/mol. The van der Waals surface area contributed by atoms with Gasteiger partial charge in [0, 0.05) is 9.79 Å². The van der Waals surface area contributed by atoms with Crippen LogP contribution in [0.3, 0.4) is 0 Å². The predicted octanol–water partition coefficient (Wildman–Crippen LogP) is 4.18. The van der Waals surface area contributed by atoms with E-state index in [0.717, 1.165) is 16.3 Å². The molecule has 0 saturated carbocycles. The summed E-state index contributed by atoms with van der Waals surface area (Å²) in [5, 5.41) is 3.95. The van der Waals surface area contributed by atoms with Crippen LogP contribution >= 0.6 is 23.5 Å². The zero-order valence-corrected chi connectivity index (χ0v) is 14.6. The molecule has 0 fully saturated rings. The zero-order chi connectivity index (χ0) is 16.5. The average molecular weight is 346 g/mol. The van der Waals surface area contributed by atoms with Gasteiger partial charge in [-0.2, -0.15) is 5.10 Å². The van der Waals surface area contributed by atoms with E-state index in [1.807, 2.05) is 42.7 Å². The van der Waals surface area contributed by atoms with Gasteiger partial charge in [0.05, 0.1) is 24.8 Å². The highest BCUT2D eigenvalue weighted by Crippen LogP contribution is 2.22. The minimum absolute atomic E-state index is 0.0371. The lowest BCUT2D eigenvalue weighted by Gasteiger charge is -2.02. The summed E-state index contributed by atoms with van der Waals surface area (Å²) in [4.78, 5) is 14.1. The molecule has 0 radical (unpaired) electrons. The lowest BCUT2D eigenvalue weighted by molar-refractivity contribution is -0.110. The quantitative estimate of drug-likeness (QED) is 0.441. The van der Waals surface area contributed by atoms with Crippen LogP contribution in [0.2, 0.25) is 0 Å². The van der Waals surface area contributed by atoms with E-state index in [1.165, 1.54) is 22.9 Å². The second-order valence-electron chi connectivity index (χ2n) is 4.53. The molecule has 0 aliphatic carbocycles. The van der Waals surface area contributed by atoms with Gasteiger partial charge in [0.25, 0.3) is 0 Å². The van der Waals surface area contributed by atoms with Crippen molar-refractivity contribution in [3.8, 4) is 5.75 Å². The number of nitrogens with zero attached hydrogens (tertiary/aromatic N) is 1. The summed E-state index contributed by atoms with van der Waals surface area (Å²) in [5.74, 6) is 1.11. The topological polar surface area (TPSA) is 50.7 Å². The van der Waals surface area contributed by atoms with Gasteiger partial charge >= 0.3 is 0 Å². The summed E-state index contributed by atoms with van der Waals surface area (Å²) in [6.07, 6.45) is 3.35. The third-order valence-electron chi connectivity index (χ3n) is 2.93. The van der Waals surface area contributed by atoms with Crippen LogP contribution in [-0.2, 0) is 4.79 Å². The van der Waals surface area contributed by atoms with E-state index in [0.29, 0.717) is 5.75 Å². The minimum Gasteiger partial charge on any atom is -0.497 e. The van der Waals surface area contributed by atoms with E-state index in [1.54, 1.807) is 18.9 Å². The van der Waals surface area contributed by atoms with E-state index in [9.17, 15) is 4.79 Å². The highest BCUT2D eigenvalue weighted by atomic mass is 32.2. The number of ether oxygens (including phenoxy) is 1. The van der Waals surface area contributed by atoms with Crippen molar-refractivity contribution in [3.63, 3.8) is 0 Å². The maximum Gasteiger partial charge on any atom is 0.185 e. The van der Waals surface area contributed by atoms with Gasteiger partial charge in [-0.05, 0) is 54.8 Å². The van der Waals surface area contributed by atoms with Crippen LogP contribution in [0.25, 0.3) is 0 Å². The average Bonchev–Trinajstić information content (AvgIpc) is 2.61. The molecular formula is C17H18N2O2S2. The van der Waals surface area contributed by atoms with Crippen molar-refractivity contribution in [3.05, 3.63) is 48.5 Å². The summed E-state index contributed by atoms with van der Waals surface area (Å²) < 4.78 is 5.08. The fourth-order valence-electron chi connectivity index (χ4n) is 1.71. The molecule has 2 rings (SSSR count). The van der Waals surface area contributed by atoms with Crippen LogP contribution in [-0.4, -0.2) is 31.1 Å². The number of ketones is 1. The van der Waals surface area contributed by atoms with Crippen molar-refractivity contribution in [2.75, 3.05) is 24.5 Å². The lowest BCUT2D eigenvalue weighted by Crippen LogP contribution is -2.04. The van der Waals surface area contributed by atoms with Gasteiger partial charge in [-0.1, -0.05) is 0 Å². The number of carbonyl (C=O) groups is 1. The van der Waals surface area contributed by atoms with Gasteiger partial charge in [-0.15, -0.1) is 23.5 Å². The SMILES string of the molecule is COc1ccc(NN=CC(=O)CSc2ccc(SC)cc2)cc1. The molecule has 0 heterocycles. The van der Waals surface area contributed by atoms with Gasteiger partial charge in [-0.25, -0.2) is 0 Å². The molecule has 0 atom stereocenters. The van der Waals surface area contributed by atoms with Crippen LogP contribution in [0.4, 0.5) is 5.69 Å². The molecule has 0 aliphatic rings. The van der Waals surface area contributed by atoms with Crippen molar-refractivity contribution in [1.29, 1.82) is 0 Å². The molecule has 0 aromatic heterocycles. The number of hydrogen-bond acceptors (Lipinski definition) is 6. The zero-order valence-electron chi connectivity index (χ0n) is 13.0. The van der Waals surface area contributed by atoms with E-state index in [2.05, 4.69) is 22.7 Å². The Labute approximate surface area is 144 Å². The molecule has 0 bridgehead atoms. The second-order valence-corrected chi connectivity index (χ2v) is 6.46. The molecule has 23 heavy (non-hydrogen) atoms. The first-order valence-corrected chi connectivity index (χ1v) is 9.15. The number of rotatable bonds is 8. The molecule has 0 amide bonds. The molecule has 2 aromatic rings. The maximum atomic E-state index is 11.8. The molecule has 0 spiro atoms. The number of carbonyl (C=O) groups excluding carboxylic acids is 1. The third kappa shape index (κ3) is 6.00. The first kappa shape index (κ1) is 17.4. The Morgan fingerprint density at radius 1 is 1.13 bits per heavy atom. The van der Waals surface area contributed by atoms with Gasteiger partial charge in [0.2, 0.25) is 0 Å². The van der Waals surface area contributed by atoms with Crippen LogP contribution in [0, 0.1) is 0 Å². The largest absolute Gasteiger partial charge is 0.497 e. The number of methoxy groups -OCH3 is 1. The Balaban J connectivity index is 1.76. The van der Waals surface area contributed by atoms with Crippen LogP contribution in [0.15, 0.2) is 63.4 Å². The molecule has 6 heteroatoms. The standard InChI is InChI=1S/C17H18N2O2S2/c1-21-15-5-3-13(4-6-15)19-18-11-14(20)12-23-17-9-7-16(22-2)8-10-17/h3-11,19H,12H2,1-2H3. The Bertz CT molecular complexity index is 655. The number of Topliss-reactive ketones (excluding diaryl/α,β-unsaturated/α-hetero) is 1. The van der Waals surface area contributed by atoms with Gasteiger partial charge in [-0.3, -0.25) is 10.2 Å². The fourth-order valence-corrected chi connectivity index (χ4v) is 2.83. The van der Waals surface area contributed by atoms with E-state index >= 15 is 0 Å². The Hall–Kier alpha value is -1.92. The number of nitrogens with one attached hydrogen (secondary N) is 1. The van der Waals surface area contributed by atoms with E-state index in [-0.39, 0.29) is 5.78 Å². The smallest absolute Gasteiger partial charge is 0.185 e. The van der Waals surface area contributed by atoms with Gasteiger partial charge < -0.3 is 4.74 Å². The molecule has 120 valence electrons. The van der Waals surface area contributed by atoms with Crippen LogP contribution < -0.4 is 10.2 Å². The number of hydrazone groups is 1. The first-order valence-electron chi connectivity index (χ1n) is 6.94. The van der Waals surface area contributed by atoms with E-state index < -0.39 is 0 Å². The molecule has 1 N–H and O–H groups in total. The van der Waals surface area contributed by atoms with Crippen molar-refractivity contribution in [2.24, 2.45) is 5.10 Å². The number of anilines is 1. The van der Waals surface area contributed by atoms with Crippen molar-refractivity contribution in [2.45, 2.75) is 9.79 Å². The Morgan fingerprint density at radius 2 is 1.78 bits per heavy atom. The molecular weight excluding hydrogens is 328 g/mol. The van der Waals surface area contributed by atoms with Crippen molar-refractivity contribution >= 4 is 41.2 Å². The van der Waals surface area contributed by atoms with Crippen molar-refractivity contribution in [1.82, 2.24) is 0 Å². The maximum absolute atomic E-state index is 11.8. The summed E-state index contributed by atoms with van der Waals surface area (Å²) in [6, 6.07) is 15.5. The summed E-state index contributed by atoms with van der Waals surface area (Å²) in [6.45, 7) is 0. The molecule has 4 nitrogen and oxygen atoms in total. The Kier molecular flexibility index (Phi) is 7.03. The normalized spacial score (nSPS) is 10.7. The fraction of sp³-hybridized carbons (Fsp3) is 0.176. The number of benzene rings is 2. The lowest BCUT2D eigenvalue weighted by atomic mass is 10.3. The highest BCUT2D eigenvalue weighted by molar-refractivity contribution is 8.00. The number of hydrogen-bond donors (Lipinski definition) is 1. The van der Waals surface area contributed by atoms with Crippen LogP contribution in [0.5, 0.6) is 5.75 Å². The highest BCUT2D eigenvalue weighted by Gasteiger charge is 2.01. The summed E-state index contributed by atoms with van der Waals surface area (Å²) >= 11 is 3.20. The van der Waals surface area contributed by atoms with Crippen LogP contribution in [0.1, 0.15) is 0 Å². The molecule has 0 saturated heterocycles. The summed E-state index contributed by atoms with van der Waals surface area (Å²) in [5.41, 5.74) is 3.62. The molecule has 0 aliphatic heterocycles. The van der Waals surface area contributed by atoms with E-state index in [4.69, 9.17) is 4.74 Å². The second kappa shape index (κ2) is 9.27. The first-order chi connectivity index (χ1) is 11.2.